The predicted molar refractivity (Wildman–Crippen MR) is 44.8 cm³/mol. The van der Waals surface area contributed by atoms with Gasteiger partial charge in [0, 0.05) is 5.75 Å². The number of rotatable bonds is 1. The van der Waals surface area contributed by atoms with Crippen LogP contribution in [0.5, 0.6) is 0 Å². The quantitative estimate of drug-likeness (QED) is 0.528. The second-order valence-corrected chi connectivity index (χ2v) is 2.32. The van der Waals surface area contributed by atoms with Crippen molar-refractivity contribution < 1.29 is 0 Å². The smallest absolute Gasteiger partial charge is 0.0119 e. The fraction of sp³-hybridized carbons (Fsp3) is 0.250. The number of allylic oxidation sites excluding steroid dienone is 5. The Balaban J connectivity index is 2.62. The van der Waals surface area contributed by atoms with Crippen LogP contribution in [0.1, 0.15) is 6.42 Å². The van der Waals surface area contributed by atoms with Crippen LogP contribution in [0.15, 0.2) is 36.0 Å². The lowest BCUT2D eigenvalue weighted by atomic mass is 10.2. The molecule has 1 aliphatic carbocycles. The highest BCUT2D eigenvalue weighted by Gasteiger charge is 1.89. The van der Waals surface area contributed by atoms with Gasteiger partial charge in [0.1, 0.15) is 0 Å². The van der Waals surface area contributed by atoms with Crippen molar-refractivity contribution in [2.75, 3.05) is 5.75 Å². The van der Waals surface area contributed by atoms with E-state index in [4.69, 9.17) is 0 Å². The molecule has 0 aromatic heterocycles. The molecule has 0 spiro atoms. The molecule has 0 nitrogen and oxygen atoms in total. The maximum Gasteiger partial charge on any atom is 0.0119 e. The minimum atomic E-state index is 0.870. The molecular weight excluding hydrogens is 128 g/mol. The van der Waals surface area contributed by atoms with Gasteiger partial charge in [0.25, 0.3) is 0 Å². The molecule has 1 heteroatoms. The Bertz CT molecular complexity index is 163. The van der Waals surface area contributed by atoms with E-state index in [0.29, 0.717) is 0 Å². The molecule has 0 fully saturated rings. The molecule has 0 bridgehead atoms. The summed E-state index contributed by atoms with van der Waals surface area (Å²) in [7, 11) is 0. The average molecular weight is 138 g/mol. The zero-order chi connectivity index (χ0) is 6.53. The molecule has 9 heavy (non-hydrogen) atoms. The van der Waals surface area contributed by atoms with Crippen molar-refractivity contribution in [1.29, 1.82) is 0 Å². The Morgan fingerprint density at radius 3 is 3.00 bits per heavy atom. The molecule has 0 atom stereocenters. The summed E-state index contributed by atoms with van der Waals surface area (Å²) in [6, 6.07) is 0. The normalized spacial score (nSPS) is 17.2. The van der Waals surface area contributed by atoms with E-state index in [1.165, 1.54) is 5.57 Å². The van der Waals surface area contributed by atoms with Crippen molar-refractivity contribution in [2.24, 2.45) is 0 Å². The molecule has 1 aliphatic rings. The summed E-state index contributed by atoms with van der Waals surface area (Å²) in [4.78, 5) is 0. The summed E-state index contributed by atoms with van der Waals surface area (Å²) in [5, 5.41) is 0. The Morgan fingerprint density at radius 2 is 2.22 bits per heavy atom. The molecule has 0 saturated carbocycles. The van der Waals surface area contributed by atoms with Gasteiger partial charge in [0.15, 0.2) is 0 Å². The summed E-state index contributed by atoms with van der Waals surface area (Å²) in [6.45, 7) is 0. The highest BCUT2D eigenvalue weighted by molar-refractivity contribution is 7.80. The van der Waals surface area contributed by atoms with E-state index in [1.54, 1.807) is 0 Å². The van der Waals surface area contributed by atoms with Crippen molar-refractivity contribution in [2.45, 2.75) is 6.42 Å². The molecule has 0 saturated heterocycles. The van der Waals surface area contributed by atoms with E-state index >= 15 is 0 Å². The van der Waals surface area contributed by atoms with E-state index in [9.17, 15) is 0 Å². The first-order valence-corrected chi connectivity index (χ1v) is 3.69. The van der Waals surface area contributed by atoms with Gasteiger partial charge in [-0.05, 0) is 6.42 Å². The molecule has 0 amide bonds. The number of thiol groups is 1. The molecule has 48 valence electrons. The van der Waals surface area contributed by atoms with Crippen LogP contribution in [0.25, 0.3) is 0 Å². The first-order chi connectivity index (χ1) is 4.43. The lowest BCUT2D eigenvalue weighted by molar-refractivity contribution is 1.23. The van der Waals surface area contributed by atoms with Gasteiger partial charge in [-0.3, -0.25) is 0 Å². The minimum absolute atomic E-state index is 0.870. The maximum atomic E-state index is 4.18. The second kappa shape index (κ2) is 3.57. The standard InChI is InChI=1S/C8H10S/c9-7-8-5-3-1-2-4-6-8/h1-5,9H,6-7H2. The largest absolute Gasteiger partial charge is 0.175 e. The fourth-order valence-corrected chi connectivity index (χ4v) is 0.974. The van der Waals surface area contributed by atoms with Crippen molar-refractivity contribution in [3.05, 3.63) is 36.0 Å². The van der Waals surface area contributed by atoms with E-state index < -0.39 is 0 Å². The number of hydrogen-bond donors (Lipinski definition) is 1. The molecule has 0 unspecified atom stereocenters. The molecular formula is C8H10S. The highest BCUT2D eigenvalue weighted by Crippen LogP contribution is 2.07. The summed E-state index contributed by atoms with van der Waals surface area (Å²) < 4.78 is 0. The number of hydrogen-bond acceptors (Lipinski definition) is 1. The Kier molecular flexibility index (Phi) is 2.65. The van der Waals surface area contributed by atoms with Crippen LogP contribution in [-0.2, 0) is 0 Å². The van der Waals surface area contributed by atoms with Crippen LogP contribution < -0.4 is 0 Å². The van der Waals surface area contributed by atoms with E-state index in [2.05, 4.69) is 36.9 Å². The molecule has 0 N–H and O–H groups in total. The molecule has 0 aliphatic heterocycles. The SMILES string of the molecule is SCC1=CC=CC=CC1. The molecule has 0 heterocycles. The van der Waals surface area contributed by atoms with Crippen LogP contribution in [0.2, 0.25) is 0 Å². The van der Waals surface area contributed by atoms with Gasteiger partial charge >= 0.3 is 0 Å². The average Bonchev–Trinajstić information content (AvgIpc) is 2.13. The van der Waals surface area contributed by atoms with E-state index in [-0.39, 0.29) is 0 Å². The van der Waals surface area contributed by atoms with Crippen LogP contribution in [-0.4, -0.2) is 5.75 Å². The van der Waals surface area contributed by atoms with Crippen LogP contribution in [0, 0.1) is 0 Å². The van der Waals surface area contributed by atoms with Crippen molar-refractivity contribution in [3.8, 4) is 0 Å². The summed E-state index contributed by atoms with van der Waals surface area (Å²) in [5.74, 6) is 0.870. The molecule has 0 aromatic rings. The third kappa shape index (κ3) is 2.10. The van der Waals surface area contributed by atoms with Crippen LogP contribution >= 0.6 is 12.6 Å². The second-order valence-electron chi connectivity index (χ2n) is 2.00. The highest BCUT2D eigenvalue weighted by atomic mass is 32.1. The van der Waals surface area contributed by atoms with Crippen molar-refractivity contribution in [1.82, 2.24) is 0 Å². The van der Waals surface area contributed by atoms with Gasteiger partial charge in [-0.2, -0.15) is 12.6 Å². The lowest BCUT2D eigenvalue weighted by Gasteiger charge is -1.93. The van der Waals surface area contributed by atoms with Crippen LogP contribution in [0.4, 0.5) is 0 Å². The molecule has 0 aromatic carbocycles. The zero-order valence-corrected chi connectivity index (χ0v) is 6.14. The van der Waals surface area contributed by atoms with Crippen LogP contribution in [0.3, 0.4) is 0 Å². The lowest BCUT2D eigenvalue weighted by Crippen LogP contribution is -1.79. The summed E-state index contributed by atoms with van der Waals surface area (Å²) >= 11 is 4.18. The topological polar surface area (TPSA) is 0 Å². The first kappa shape index (κ1) is 6.69. The van der Waals surface area contributed by atoms with Gasteiger partial charge < -0.3 is 0 Å². The van der Waals surface area contributed by atoms with Gasteiger partial charge in [-0.15, -0.1) is 0 Å². The van der Waals surface area contributed by atoms with Gasteiger partial charge in [0.05, 0.1) is 0 Å². The fourth-order valence-electron chi connectivity index (χ4n) is 0.739. The van der Waals surface area contributed by atoms with Crippen molar-refractivity contribution >= 4 is 12.6 Å². The van der Waals surface area contributed by atoms with E-state index in [0.717, 1.165) is 12.2 Å². The zero-order valence-electron chi connectivity index (χ0n) is 5.25. The summed E-state index contributed by atoms with van der Waals surface area (Å²) in [5.41, 5.74) is 1.38. The maximum absolute atomic E-state index is 4.18. The summed E-state index contributed by atoms with van der Waals surface area (Å²) in [6.07, 6.45) is 11.5. The third-order valence-corrected chi connectivity index (χ3v) is 1.68. The Morgan fingerprint density at radius 1 is 1.33 bits per heavy atom. The monoisotopic (exact) mass is 138 g/mol. The minimum Gasteiger partial charge on any atom is -0.175 e. The van der Waals surface area contributed by atoms with Gasteiger partial charge in [-0.1, -0.05) is 36.0 Å². The Hall–Kier alpha value is -0.430. The molecule has 1 rings (SSSR count). The van der Waals surface area contributed by atoms with Gasteiger partial charge in [0.2, 0.25) is 0 Å². The van der Waals surface area contributed by atoms with E-state index in [1.807, 2.05) is 6.08 Å². The third-order valence-electron chi connectivity index (χ3n) is 1.27. The first-order valence-electron chi connectivity index (χ1n) is 3.05. The van der Waals surface area contributed by atoms with Crippen molar-refractivity contribution in [3.63, 3.8) is 0 Å². The Labute approximate surface area is 61.4 Å². The van der Waals surface area contributed by atoms with Gasteiger partial charge in [-0.25, -0.2) is 0 Å². The predicted octanol–water partition coefficient (Wildman–Crippen LogP) is 2.36. The molecule has 0 radical (unpaired) electrons.